The second-order valence-corrected chi connectivity index (χ2v) is 6.69. The number of hydrogen-bond donors (Lipinski definition) is 2. The van der Waals surface area contributed by atoms with Gasteiger partial charge in [-0.15, -0.1) is 0 Å². The van der Waals surface area contributed by atoms with Crippen molar-refractivity contribution in [2.24, 2.45) is 0 Å². The Hall–Kier alpha value is -2.07. The maximum Gasteiger partial charge on any atom is 0.349 e. The van der Waals surface area contributed by atoms with Crippen molar-refractivity contribution in [3.8, 4) is 0 Å². The highest BCUT2D eigenvalue weighted by Crippen LogP contribution is 2.35. The molecule has 0 saturated heterocycles. The SMILES string of the molecule is CCCCc1cc(N/C=C\NC)c(C)c([N@+]2(C)C=C[N+](C)=C2C)c1. The summed E-state index contributed by atoms with van der Waals surface area (Å²) in [4.78, 5) is 0. The van der Waals surface area contributed by atoms with Crippen molar-refractivity contribution < 1.29 is 4.58 Å². The van der Waals surface area contributed by atoms with E-state index < -0.39 is 0 Å². The van der Waals surface area contributed by atoms with Gasteiger partial charge in [-0.05, 0) is 31.4 Å². The second-order valence-electron chi connectivity index (χ2n) is 6.69. The number of quaternary nitrogens is 1. The Balaban J connectivity index is 2.51. The molecule has 0 aliphatic carbocycles. The van der Waals surface area contributed by atoms with Gasteiger partial charge in [0.05, 0.1) is 14.0 Å². The van der Waals surface area contributed by atoms with Crippen molar-refractivity contribution in [1.82, 2.24) is 9.80 Å². The molecule has 0 bridgehead atoms. The second kappa shape index (κ2) is 7.67. The van der Waals surface area contributed by atoms with E-state index in [9.17, 15) is 0 Å². The van der Waals surface area contributed by atoms with Gasteiger partial charge in [0.25, 0.3) is 0 Å². The molecular formula is C20H32N4+2. The van der Waals surface area contributed by atoms with E-state index >= 15 is 0 Å². The molecule has 1 heterocycles. The van der Waals surface area contributed by atoms with Crippen molar-refractivity contribution in [2.45, 2.75) is 40.0 Å². The number of aryl methyl sites for hydroxylation is 1. The lowest BCUT2D eigenvalue weighted by atomic mass is 10.0. The maximum atomic E-state index is 3.44. The molecule has 130 valence electrons. The lowest BCUT2D eigenvalue weighted by molar-refractivity contribution is -0.421. The fraction of sp³-hybridized carbons (Fsp3) is 0.450. The predicted octanol–water partition coefficient (Wildman–Crippen LogP) is 3.92. The predicted molar refractivity (Wildman–Crippen MR) is 105 cm³/mol. The Bertz CT molecular complexity index is 685. The highest BCUT2D eigenvalue weighted by Gasteiger charge is 2.39. The summed E-state index contributed by atoms with van der Waals surface area (Å²) in [6.07, 6.45) is 11.8. The molecule has 4 heteroatoms. The Morgan fingerprint density at radius 2 is 1.96 bits per heavy atom. The molecule has 2 N–H and O–H groups in total. The van der Waals surface area contributed by atoms with Gasteiger partial charge in [-0.25, -0.2) is 0 Å². The molecule has 1 aliphatic heterocycles. The van der Waals surface area contributed by atoms with Crippen molar-refractivity contribution in [2.75, 3.05) is 26.5 Å². The van der Waals surface area contributed by atoms with Crippen LogP contribution in [0, 0.1) is 6.92 Å². The molecule has 0 fully saturated rings. The minimum atomic E-state index is 0.729. The molecular weight excluding hydrogens is 296 g/mol. The van der Waals surface area contributed by atoms with Crippen LogP contribution in [0.25, 0.3) is 0 Å². The Morgan fingerprint density at radius 3 is 2.54 bits per heavy atom. The maximum absolute atomic E-state index is 3.44. The highest BCUT2D eigenvalue weighted by atomic mass is 15.4. The molecule has 4 nitrogen and oxygen atoms in total. The number of nitrogens with zero attached hydrogens (tertiary/aromatic N) is 2. The first-order chi connectivity index (χ1) is 11.4. The summed E-state index contributed by atoms with van der Waals surface area (Å²) in [6.45, 7) is 6.65. The van der Waals surface area contributed by atoms with Gasteiger partial charge in [0.2, 0.25) is 6.20 Å². The van der Waals surface area contributed by atoms with Crippen LogP contribution in [-0.4, -0.2) is 31.6 Å². The molecule has 1 atom stereocenters. The van der Waals surface area contributed by atoms with Gasteiger partial charge in [0, 0.05) is 36.8 Å². The molecule has 2 rings (SSSR count). The molecule has 1 aromatic carbocycles. The van der Waals surface area contributed by atoms with Crippen LogP contribution in [0.1, 0.15) is 37.8 Å². The molecule has 0 amide bonds. The fourth-order valence-electron chi connectivity index (χ4n) is 3.16. The van der Waals surface area contributed by atoms with E-state index in [0.717, 1.165) is 10.9 Å². The average molecular weight is 329 g/mol. The number of unbranched alkanes of at least 4 members (excludes halogenated alkanes) is 1. The van der Waals surface area contributed by atoms with Gasteiger partial charge in [-0.1, -0.05) is 13.3 Å². The third-order valence-corrected chi connectivity index (χ3v) is 5.02. The summed E-state index contributed by atoms with van der Waals surface area (Å²) >= 11 is 0. The molecule has 0 saturated carbocycles. The minimum absolute atomic E-state index is 0.729. The van der Waals surface area contributed by atoms with E-state index in [1.54, 1.807) is 0 Å². The monoisotopic (exact) mass is 328 g/mol. The number of rotatable bonds is 7. The van der Waals surface area contributed by atoms with Crippen molar-refractivity contribution in [3.05, 3.63) is 48.1 Å². The van der Waals surface area contributed by atoms with E-state index in [-0.39, 0.29) is 0 Å². The first kappa shape index (κ1) is 18.3. The number of benzene rings is 1. The third kappa shape index (κ3) is 3.54. The van der Waals surface area contributed by atoms with E-state index in [1.807, 2.05) is 19.4 Å². The Kier molecular flexibility index (Phi) is 5.84. The smallest absolute Gasteiger partial charge is 0.349 e. The van der Waals surface area contributed by atoms with Crippen LogP contribution in [0.4, 0.5) is 11.4 Å². The summed E-state index contributed by atoms with van der Waals surface area (Å²) in [5.74, 6) is 1.31. The number of hydrogen-bond acceptors (Lipinski definition) is 2. The molecule has 1 aromatic rings. The van der Waals surface area contributed by atoms with Crippen LogP contribution in [-0.2, 0) is 6.42 Å². The third-order valence-electron chi connectivity index (χ3n) is 5.02. The van der Waals surface area contributed by atoms with Crippen LogP contribution >= 0.6 is 0 Å². The fourth-order valence-corrected chi connectivity index (χ4v) is 3.16. The van der Waals surface area contributed by atoms with Gasteiger partial charge in [0.15, 0.2) is 11.9 Å². The van der Waals surface area contributed by atoms with Gasteiger partial charge in [0.1, 0.15) is 7.05 Å². The zero-order valence-electron chi connectivity index (χ0n) is 16.0. The van der Waals surface area contributed by atoms with E-state index in [1.165, 1.54) is 41.2 Å². The summed E-state index contributed by atoms with van der Waals surface area (Å²) in [6, 6.07) is 4.67. The van der Waals surface area contributed by atoms with Crippen LogP contribution in [0.5, 0.6) is 0 Å². The summed E-state index contributed by atoms with van der Waals surface area (Å²) < 4.78 is 2.93. The standard InChI is InChI=1S/C20H32N4/c1-7-8-9-18-14-19(22-11-10-21-4)16(2)20(15-18)24(6)13-12-23(5)17(24)3/h10-15,21-22H,7-9H2,1-6H3/q+2/b11-10-/t24-/m1/s1. The van der Waals surface area contributed by atoms with E-state index in [0.29, 0.717) is 0 Å². The summed E-state index contributed by atoms with van der Waals surface area (Å²) in [5, 5.41) is 6.47. The molecule has 24 heavy (non-hydrogen) atoms. The Morgan fingerprint density at radius 1 is 1.21 bits per heavy atom. The van der Waals surface area contributed by atoms with Crippen LogP contribution in [0.15, 0.2) is 36.9 Å². The lowest BCUT2D eigenvalue weighted by Gasteiger charge is -2.25. The van der Waals surface area contributed by atoms with Gasteiger partial charge >= 0.3 is 5.84 Å². The van der Waals surface area contributed by atoms with Gasteiger partial charge in [-0.3, -0.25) is 0 Å². The Labute approximate surface area is 146 Å². The highest BCUT2D eigenvalue weighted by molar-refractivity contribution is 5.92. The van der Waals surface area contributed by atoms with Crippen molar-refractivity contribution >= 4 is 17.2 Å². The molecule has 0 spiro atoms. The molecule has 0 unspecified atom stereocenters. The first-order valence-corrected chi connectivity index (χ1v) is 8.79. The number of amidine groups is 1. The summed E-state index contributed by atoms with van der Waals surface area (Å²) in [5.41, 5.74) is 5.20. The number of anilines is 1. The molecule has 0 aromatic heterocycles. The van der Waals surface area contributed by atoms with Crippen LogP contribution in [0.3, 0.4) is 0 Å². The quantitative estimate of drug-likeness (QED) is 0.586. The zero-order chi connectivity index (χ0) is 17.7. The van der Waals surface area contributed by atoms with Crippen LogP contribution in [0.2, 0.25) is 0 Å². The first-order valence-electron chi connectivity index (χ1n) is 8.79. The minimum Gasteiger partial charge on any atom is -0.393 e. The topological polar surface area (TPSA) is 27.1 Å². The van der Waals surface area contributed by atoms with Crippen molar-refractivity contribution in [1.29, 1.82) is 0 Å². The average Bonchev–Trinajstić information content (AvgIpc) is 2.83. The zero-order valence-corrected chi connectivity index (χ0v) is 16.0. The van der Waals surface area contributed by atoms with Gasteiger partial charge in [-0.2, -0.15) is 9.06 Å². The van der Waals surface area contributed by atoms with Gasteiger partial charge < -0.3 is 10.6 Å². The lowest BCUT2D eigenvalue weighted by Crippen LogP contribution is -2.44. The largest absolute Gasteiger partial charge is 0.393 e. The number of nitrogens with one attached hydrogen (secondary N) is 2. The van der Waals surface area contributed by atoms with E-state index in [4.69, 9.17) is 0 Å². The summed E-state index contributed by atoms with van der Waals surface area (Å²) in [7, 11) is 6.28. The van der Waals surface area contributed by atoms with Crippen molar-refractivity contribution in [3.63, 3.8) is 0 Å². The van der Waals surface area contributed by atoms with Crippen LogP contribution < -0.4 is 15.1 Å². The molecule has 0 radical (unpaired) electrons. The normalized spacial score (nSPS) is 20.2. The van der Waals surface area contributed by atoms with E-state index in [2.05, 4.69) is 74.6 Å². The molecule has 1 aliphatic rings.